The Balaban J connectivity index is 1.79. The molecule has 148 valence electrons. The van der Waals surface area contributed by atoms with E-state index in [4.69, 9.17) is 14.2 Å². The molecule has 1 fully saturated rings. The number of benzene rings is 2. The molecule has 5 heteroatoms. The lowest BCUT2D eigenvalue weighted by Crippen LogP contribution is -2.19. The molecule has 3 aromatic rings. The Morgan fingerprint density at radius 1 is 1.00 bits per heavy atom. The summed E-state index contributed by atoms with van der Waals surface area (Å²) in [5.41, 5.74) is 4.60. The molecule has 1 unspecified atom stereocenters. The topological polar surface area (TPSA) is 55.5 Å². The molecule has 2 aromatic carbocycles. The first-order valence-electron chi connectivity index (χ1n) is 9.86. The smallest absolute Gasteiger partial charge is 0.161 e. The quantitative estimate of drug-likeness (QED) is 0.650. The SMILES string of the molecule is COc1ccc(-c2[nH]c3ccc(OC4CCNC4)cc3c2C(C)C)cc1OC. The molecule has 0 saturated carbocycles. The summed E-state index contributed by atoms with van der Waals surface area (Å²) in [4.78, 5) is 3.61. The summed E-state index contributed by atoms with van der Waals surface area (Å²) >= 11 is 0. The summed E-state index contributed by atoms with van der Waals surface area (Å²) in [5.74, 6) is 2.75. The van der Waals surface area contributed by atoms with Gasteiger partial charge in [0.1, 0.15) is 11.9 Å². The van der Waals surface area contributed by atoms with Gasteiger partial charge in [-0.05, 0) is 60.8 Å². The van der Waals surface area contributed by atoms with Crippen LogP contribution in [0.4, 0.5) is 0 Å². The summed E-state index contributed by atoms with van der Waals surface area (Å²) in [7, 11) is 3.32. The minimum Gasteiger partial charge on any atom is -0.493 e. The number of hydrogen-bond acceptors (Lipinski definition) is 4. The van der Waals surface area contributed by atoms with E-state index in [0.29, 0.717) is 5.92 Å². The highest BCUT2D eigenvalue weighted by molar-refractivity contribution is 5.92. The minimum atomic E-state index is 0.254. The zero-order valence-corrected chi connectivity index (χ0v) is 17.0. The molecule has 2 N–H and O–H groups in total. The molecule has 1 aliphatic rings. The first kappa shape index (κ1) is 18.7. The van der Waals surface area contributed by atoms with Crippen LogP contribution in [0.2, 0.25) is 0 Å². The van der Waals surface area contributed by atoms with Gasteiger partial charge in [0.25, 0.3) is 0 Å². The van der Waals surface area contributed by atoms with Gasteiger partial charge in [0.2, 0.25) is 0 Å². The third-order valence-electron chi connectivity index (χ3n) is 5.38. The van der Waals surface area contributed by atoms with Crippen LogP contribution in [0.5, 0.6) is 17.2 Å². The fraction of sp³-hybridized carbons (Fsp3) is 0.391. The van der Waals surface area contributed by atoms with Crippen molar-refractivity contribution >= 4 is 10.9 Å². The van der Waals surface area contributed by atoms with E-state index in [-0.39, 0.29) is 6.10 Å². The van der Waals surface area contributed by atoms with Gasteiger partial charge in [-0.2, -0.15) is 0 Å². The van der Waals surface area contributed by atoms with Crippen molar-refractivity contribution in [2.45, 2.75) is 32.3 Å². The second-order valence-corrected chi connectivity index (χ2v) is 7.58. The standard InChI is InChI=1S/C23H28N2O3/c1-14(2)22-18-12-16(28-17-9-10-24-13-17)6-7-19(18)25-23(22)15-5-8-20(26-3)21(11-15)27-4/h5-8,11-12,14,17,24-25H,9-10,13H2,1-4H3. The number of H-pyrrole nitrogens is 1. The molecule has 4 rings (SSSR count). The second kappa shape index (κ2) is 7.76. The molecule has 2 heterocycles. The first-order valence-corrected chi connectivity index (χ1v) is 9.86. The van der Waals surface area contributed by atoms with Gasteiger partial charge < -0.3 is 24.5 Å². The number of hydrogen-bond donors (Lipinski definition) is 2. The van der Waals surface area contributed by atoms with E-state index in [1.54, 1.807) is 14.2 Å². The lowest BCUT2D eigenvalue weighted by molar-refractivity contribution is 0.223. The largest absolute Gasteiger partial charge is 0.493 e. The maximum atomic E-state index is 6.19. The molecule has 1 aliphatic heterocycles. The van der Waals surface area contributed by atoms with Crippen molar-refractivity contribution in [1.82, 2.24) is 10.3 Å². The van der Waals surface area contributed by atoms with Crippen molar-refractivity contribution in [3.05, 3.63) is 42.0 Å². The Kier molecular flexibility index (Phi) is 5.18. The van der Waals surface area contributed by atoms with Crippen molar-refractivity contribution in [1.29, 1.82) is 0 Å². The van der Waals surface area contributed by atoms with Crippen LogP contribution in [0.15, 0.2) is 36.4 Å². The number of aromatic amines is 1. The van der Waals surface area contributed by atoms with Crippen LogP contribution in [-0.4, -0.2) is 38.4 Å². The van der Waals surface area contributed by atoms with Crippen LogP contribution in [0.3, 0.4) is 0 Å². The Morgan fingerprint density at radius 2 is 1.82 bits per heavy atom. The Labute approximate surface area is 166 Å². The van der Waals surface area contributed by atoms with Gasteiger partial charge in [-0.15, -0.1) is 0 Å². The van der Waals surface area contributed by atoms with Gasteiger partial charge in [-0.25, -0.2) is 0 Å². The molecule has 0 bridgehead atoms. The zero-order chi connectivity index (χ0) is 19.7. The third kappa shape index (κ3) is 3.42. The molecule has 28 heavy (non-hydrogen) atoms. The van der Waals surface area contributed by atoms with E-state index >= 15 is 0 Å². The Hall–Kier alpha value is -2.66. The minimum absolute atomic E-state index is 0.254. The molecule has 0 radical (unpaired) electrons. The normalized spacial score (nSPS) is 16.7. The number of aromatic nitrogens is 1. The maximum Gasteiger partial charge on any atom is 0.161 e. The highest BCUT2D eigenvalue weighted by Gasteiger charge is 2.20. The zero-order valence-electron chi connectivity index (χ0n) is 17.0. The highest BCUT2D eigenvalue weighted by atomic mass is 16.5. The van der Waals surface area contributed by atoms with Crippen LogP contribution in [0.1, 0.15) is 31.7 Å². The number of nitrogens with one attached hydrogen (secondary N) is 2. The van der Waals surface area contributed by atoms with Crippen molar-refractivity contribution in [3.8, 4) is 28.5 Å². The lowest BCUT2D eigenvalue weighted by Gasteiger charge is -2.14. The number of methoxy groups -OCH3 is 2. The molecule has 1 atom stereocenters. The molecule has 0 amide bonds. The van der Waals surface area contributed by atoms with Crippen LogP contribution >= 0.6 is 0 Å². The van der Waals surface area contributed by atoms with E-state index in [1.807, 2.05) is 12.1 Å². The highest BCUT2D eigenvalue weighted by Crippen LogP contribution is 2.40. The van der Waals surface area contributed by atoms with Gasteiger partial charge in [-0.1, -0.05) is 13.8 Å². The fourth-order valence-electron chi connectivity index (χ4n) is 4.01. The summed E-state index contributed by atoms with van der Waals surface area (Å²) in [6, 6.07) is 12.4. The van der Waals surface area contributed by atoms with E-state index < -0.39 is 0 Å². The van der Waals surface area contributed by atoms with Crippen LogP contribution in [0, 0.1) is 0 Å². The Bertz CT molecular complexity index is 971. The van der Waals surface area contributed by atoms with Crippen LogP contribution in [0.25, 0.3) is 22.2 Å². The molecule has 5 nitrogen and oxygen atoms in total. The average molecular weight is 380 g/mol. The Morgan fingerprint density at radius 3 is 2.50 bits per heavy atom. The van der Waals surface area contributed by atoms with Crippen molar-refractivity contribution in [2.24, 2.45) is 0 Å². The summed E-state index contributed by atoms with van der Waals surface area (Å²) in [6.45, 7) is 6.39. The lowest BCUT2D eigenvalue weighted by atomic mass is 9.96. The summed E-state index contributed by atoms with van der Waals surface area (Å²) in [6.07, 6.45) is 1.31. The molecule has 0 spiro atoms. The molecule has 1 saturated heterocycles. The predicted octanol–water partition coefficient (Wildman–Crippen LogP) is 4.72. The predicted molar refractivity (Wildman–Crippen MR) is 113 cm³/mol. The summed E-state index contributed by atoms with van der Waals surface area (Å²) in [5, 5.41) is 4.56. The van der Waals surface area contributed by atoms with Gasteiger partial charge in [0.05, 0.1) is 19.9 Å². The van der Waals surface area contributed by atoms with Gasteiger partial charge >= 0.3 is 0 Å². The third-order valence-corrected chi connectivity index (χ3v) is 5.38. The van der Waals surface area contributed by atoms with E-state index in [1.165, 1.54) is 10.9 Å². The molecule has 1 aromatic heterocycles. The van der Waals surface area contributed by atoms with Crippen LogP contribution in [-0.2, 0) is 0 Å². The second-order valence-electron chi connectivity index (χ2n) is 7.58. The van der Waals surface area contributed by atoms with Crippen molar-refractivity contribution in [3.63, 3.8) is 0 Å². The number of ether oxygens (including phenoxy) is 3. The maximum absolute atomic E-state index is 6.19. The average Bonchev–Trinajstić information content (AvgIpc) is 3.34. The number of rotatable bonds is 6. The fourth-order valence-corrected chi connectivity index (χ4v) is 4.01. The molecular formula is C23H28N2O3. The van der Waals surface area contributed by atoms with Gasteiger partial charge in [-0.3, -0.25) is 0 Å². The molecular weight excluding hydrogens is 352 g/mol. The number of fused-ring (bicyclic) bond motifs is 1. The van der Waals surface area contributed by atoms with Gasteiger partial charge in [0, 0.05) is 23.0 Å². The van der Waals surface area contributed by atoms with E-state index in [2.05, 4.69) is 48.4 Å². The van der Waals surface area contributed by atoms with Crippen molar-refractivity contribution < 1.29 is 14.2 Å². The monoisotopic (exact) mass is 380 g/mol. The molecule has 0 aliphatic carbocycles. The summed E-state index contributed by atoms with van der Waals surface area (Å²) < 4.78 is 17.1. The van der Waals surface area contributed by atoms with Gasteiger partial charge in [0.15, 0.2) is 11.5 Å². The van der Waals surface area contributed by atoms with E-state index in [9.17, 15) is 0 Å². The van der Waals surface area contributed by atoms with Crippen LogP contribution < -0.4 is 19.5 Å². The first-order chi connectivity index (χ1) is 13.6. The van der Waals surface area contributed by atoms with E-state index in [0.717, 1.165) is 53.5 Å². The van der Waals surface area contributed by atoms with Crippen molar-refractivity contribution in [2.75, 3.05) is 27.3 Å².